The second-order valence-corrected chi connectivity index (χ2v) is 11.5. The van der Waals surface area contributed by atoms with E-state index in [0.29, 0.717) is 24.6 Å². The predicted octanol–water partition coefficient (Wildman–Crippen LogP) is 5.34. The molecule has 0 radical (unpaired) electrons. The molecule has 192 valence electrons. The Labute approximate surface area is 219 Å². The van der Waals surface area contributed by atoms with E-state index < -0.39 is 10.0 Å². The van der Waals surface area contributed by atoms with E-state index in [4.69, 9.17) is 4.74 Å². The van der Waals surface area contributed by atoms with E-state index in [9.17, 15) is 13.2 Å². The fraction of sp³-hybridized carbons (Fsp3) is 0.321. The van der Waals surface area contributed by atoms with E-state index in [1.165, 1.54) is 11.1 Å². The molecule has 0 spiro atoms. The number of hydrogen-bond donors (Lipinski definition) is 1. The third-order valence-electron chi connectivity index (χ3n) is 5.51. The van der Waals surface area contributed by atoms with Crippen molar-refractivity contribution < 1.29 is 17.9 Å². The van der Waals surface area contributed by atoms with Crippen LogP contribution in [-0.4, -0.2) is 39.8 Å². The van der Waals surface area contributed by atoms with Crippen molar-refractivity contribution in [3.63, 3.8) is 0 Å². The lowest BCUT2D eigenvalue weighted by atomic mass is 10.2. The number of sulfonamides is 1. The lowest BCUT2D eigenvalue weighted by Crippen LogP contribution is -2.41. The third kappa shape index (κ3) is 8.03. The quantitative estimate of drug-likeness (QED) is 0.305. The van der Waals surface area contributed by atoms with Crippen LogP contribution in [0.5, 0.6) is 5.75 Å². The number of carbonyl (C=O) groups is 1. The summed E-state index contributed by atoms with van der Waals surface area (Å²) in [5.41, 5.74) is 3.89. The van der Waals surface area contributed by atoms with Gasteiger partial charge in [-0.25, -0.2) is 8.42 Å². The molecule has 0 saturated heterocycles. The van der Waals surface area contributed by atoms with Gasteiger partial charge in [-0.15, -0.1) is 0 Å². The Morgan fingerprint density at radius 2 is 1.53 bits per heavy atom. The zero-order valence-corrected chi connectivity index (χ0v) is 22.7. The molecule has 3 aromatic carbocycles. The van der Waals surface area contributed by atoms with Crippen molar-refractivity contribution in [2.75, 3.05) is 29.8 Å². The van der Waals surface area contributed by atoms with E-state index in [-0.39, 0.29) is 17.3 Å². The first kappa shape index (κ1) is 27.6. The first-order valence-electron chi connectivity index (χ1n) is 12.0. The third-order valence-corrected chi connectivity index (χ3v) is 8.41. The molecular weight excluding hydrogens is 492 g/mol. The minimum atomic E-state index is -3.94. The van der Waals surface area contributed by atoms with E-state index in [0.717, 1.165) is 27.8 Å². The highest BCUT2D eigenvalue weighted by atomic mass is 32.2. The largest absolute Gasteiger partial charge is 0.494 e. The van der Waals surface area contributed by atoms with Gasteiger partial charge in [0.2, 0.25) is 5.91 Å². The van der Waals surface area contributed by atoms with E-state index in [1.807, 2.05) is 25.6 Å². The molecular formula is C28H34N2O4S2. The molecule has 1 amide bonds. The van der Waals surface area contributed by atoms with Crippen LogP contribution in [-0.2, 0) is 20.6 Å². The van der Waals surface area contributed by atoms with E-state index >= 15 is 0 Å². The molecule has 36 heavy (non-hydrogen) atoms. The average molecular weight is 527 g/mol. The summed E-state index contributed by atoms with van der Waals surface area (Å²) < 4.78 is 33.6. The summed E-state index contributed by atoms with van der Waals surface area (Å²) in [7, 11) is -3.94. The molecule has 8 heteroatoms. The standard InChI is InChI=1S/C28H34N2O4S2/c1-4-34-26-14-12-25(13-15-26)30(36(32,33)27-16-8-23(3)9-17-27)20-28(31)29-18-5-19-35-21-24-10-6-22(2)7-11-24/h6-17H,4-5,18-21H2,1-3H3,(H,29,31). The minimum absolute atomic E-state index is 0.141. The van der Waals surface area contributed by atoms with Crippen molar-refractivity contribution in [1.29, 1.82) is 0 Å². The van der Waals surface area contributed by atoms with E-state index in [2.05, 4.69) is 36.5 Å². The number of rotatable bonds is 13. The number of aryl methyl sites for hydroxylation is 2. The Bertz CT molecular complexity index is 1210. The maximum Gasteiger partial charge on any atom is 0.264 e. The first-order valence-corrected chi connectivity index (χ1v) is 14.6. The summed E-state index contributed by atoms with van der Waals surface area (Å²) in [4.78, 5) is 12.9. The highest BCUT2D eigenvalue weighted by Crippen LogP contribution is 2.26. The molecule has 0 bridgehead atoms. The maximum atomic E-state index is 13.5. The summed E-state index contributed by atoms with van der Waals surface area (Å²) in [5, 5.41) is 2.87. The van der Waals surface area contributed by atoms with Crippen molar-refractivity contribution in [2.24, 2.45) is 0 Å². The number of amides is 1. The second kappa shape index (κ2) is 13.4. The normalized spacial score (nSPS) is 11.2. The van der Waals surface area contributed by atoms with Crippen LogP contribution in [0.2, 0.25) is 0 Å². The average Bonchev–Trinajstić information content (AvgIpc) is 2.87. The van der Waals surface area contributed by atoms with Crippen LogP contribution in [0.4, 0.5) is 5.69 Å². The van der Waals surface area contributed by atoms with Crippen LogP contribution in [0.15, 0.2) is 77.7 Å². The molecule has 3 rings (SSSR count). The number of nitrogens with zero attached hydrogens (tertiary/aromatic N) is 1. The molecule has 0 aliphatic carbocycles. The van der Waals surface area contributed by atoms with Gasteiger partial charge in [0.1, 0.15) is 12.3 Å². The molecule has 6 nitrogen and oxygen atoms in total. The highest BCUT2D eigenvalue weighted by Gasteiger charge is 2.27. The molecule has 1 N–H and O–H groups in total. The Morgan fingerprint density at radius 1 is 0.917 bits per heavy atom. The van der Waals surface area contributed by atoms with Crippen molar-refractivity contribution in [2.45, 2.75) is 37.8 Å². The molecule has 0 saturated carbocycles. The molecule has 0 atom stereocenters. The maximum absolute atomic E-state index is 13.5. The zero-order chi connectivity index (χ0) is 26.0. The van der Waals surface area contributed by atoms with Crippen LogP contribution >= 0.6 is 11.8 Å². The van der Waals surface area contributed by atoms with Crippen LogP contribution in [0.1, 0.15) is 30.0 Å². The highest BCUT2D eigenvalue weighted by molar-refractivity contribution is 7.98. The van der Waals surface area contributed by atoms with Gasteiger partial charge in [0.15, 0.2) is 0 Å². The predicted molar refractivity (Wildman–Crippen MR) is 148 cm³/mol. The minimum Gasteiger partial charge on any atom is -0.494 e. The summed E-state index contributed by atoms with van der Waals surface area (Å²) in [6.45, 7) is 6.54. The number of hydrogen-bond acceptors (Lipinski definition) is 5. The summed E-state index contributed by atoms with van der Waals surface area (Å²) in [6, 6.07) is 21.8. The Balaban J connectivity index is 1.60. The first-order chi connectivity index (χ1) is 17.3. The zero-order valence-electron chi connectivity index (χ0n) is 21.1. The number of anilines is 1. The van der Waals surface area contributed by atoms with Crippen molar-refractivity contribution in [3.8, 4) is 5.75 Å². The monoisotopic (exact) mass is 526 g/mol. The van der Waals surface area contributed by atoms with Crippen molar-refractivity contribution in [1.82, 2.24) is 5.32 Å². The van der Waals surface area contributed by atoms with Gasteiger partial charge in [-0.2, -0.15) is 11.8 Å². The summed E-state index contributed by atoms with van der Waals surface area (Å²) in [6.07, 6.45) is 0.802. The molecule has 3 aromatic rings. The van der Waals surface area contributed by atoms with Gasteiger partial charge in [-0.1, -0.05) is 47.5 Å². The van der Waals surface area contributed by atoms with Gasteiger partial charge in [0, 0.05) is 12.3 Å². The summed E-state index contributed by atoms with van der Waals surface area (Å²) >= 11 is 1.81. The van der Waals surface area contributed by atoms with Gasteiger partial charge in [0.25, 0.3) is 10.0 Å². The van der Waals surface area contributed by atoms with Gasteiger partial charge < -0.3 is 10.1 Å². The topological polar surface area (TPSA) is 75.7 Å². The Kier molecular flexibility index (Phi) is 10.3. The number of thioether (sulfide) groups is 1. The van der Waals surface area contributed by atoms with Crippen LogP contribution < -0.4 is 14.4 Å². The van der Waals surface area contributed by atoms with Gasteiger partial charge in [-0.05, 0) is 74.9 Å². The molecule has 0 aliphatic rings. The second-order valence-electron chi connectivity index (χ2n) is 8.49. The van der Waals surface area contributed by atoms with Gasteiger partial charge in [-0.3, -0.25) is 9.10 Å². The number of benzene rings is 3. The van der Waals surface area contributed by atoms with E-state index in [1.54, 1.807) is 48.5 Å². The van der Waals surface area contributed by atoms with Crippen molar-refractivity contribution in [3.05, 3.63) is 89.5 Å². The smallest absolute Gasteiger partial charge is 0.264 e. The Hall–Kier alpha value is -2.97. The fourth-order valence-electron chi connectivity index (χ4n) is 3.49. The lowest BCUT2D eigenvalue weighted by molar-refractivity contribution is -0.119. The number of ether oxygens (including phenoxy) is 1. The molecule has 0 heterocycles. The van der Waals surface area contributed by atoms with Crippen LogP contribution in [0.25, 0.3) is 0 Å². The molecule has 0 aromatic heterocycles. The fourth-order valence-corrected chi connectivity index (χ4v) is 5.83. The number of carbonyl (C=O) groups excluding carboxylic acids is 1. The van der Waals surface area contributed by atoms with Crippen LogP contribution in [0.3, 0.4) is 0 Å². The number of nitrogens with one attached hydrogen (secondary N) is 1. The Morgan fingerprint density at radius 3 is 2.14 bits per heavy atom. The SMILES string of the molecule is CCOc1ccc(N(CC(=O)NCCCSCc2ccc(C)cc2)S(=O)(=O)c2ccc(C)cc2)cc1. The van der Waals surface area contributed by atoms with Gasteiger partial charge in [0.05, 0.1) is 17.2 Å². The van der Waals surface area contributed by atoms with Crippen LogP contribution in [0, 0.1) is 13.8 Å². The van der Waals surface area contributed by atoms with Crippen molar-refractivity contribution >= 4 is 33.4 Å². The molecule has 0 aliphatic heterocycles. The van der Waals surface area contributed by atoms with Gasteiger partial charge >= 0.3 is 0 Å². The molecule has 0 fully saturated rings. The summed E-state index contributed by atoms with van der Waals surface area (Å²) in [5.74, 6) is 2.12. The lowest BCUT2D eigenvalue weighted by Gasteiger charge is -2.24. The molecule has 0 unspecified atom stereocenters.